The molecule has 0 aliphatic carbocycles. The number of aryl methyl sites for hydroxylation is 1. The van der Waals surface area contributed by atoms with Crippen LogP contribution in [0.1, 0.15) is 12.5 Å². The quantitative estimate of drug-likeness (QED) is 0.610. The van der Waals surface area contributed by atoms with Gasteiger partial charge >= 0.3 is 17.6 Å². The lowest BCUT2D eigenvalue weighted by Gasteiger charge is -2.11. The van der Waals surface area contributed by atoms with E-state index < -0.39 is 23.7 Å². The standard InChI is InChI=1S/C16H16O7/c1-9-6-14(17)23-13-7-11(4-5-12(9)13)21-8-15(18)22-10(2)16(19)20-3/h4-7,10H,8H2,1-3H3. The summed E-state index contributed by atoms with van der Waals surface area (Å²) in [5.41, 5.74) is 0.691. The number of benzene rings is 1. The number of carbonyl (C=O) groups excluding carboxylic acids is 2. The van der Waals surface area contributed by atoms with Gasteiger partial charge in [0.1, 0.15) is 11.3 Å². The molecule has 2 rings (SSSR count). The third-order valence-corrected chi connectivity index (χ3v) is 3.12. The summed E-state index contributed by atoms with van der Waals surface area (Å²) < 4.78 is 19.7. The molecular weight excluding hydrogens is 304 g/mol. The van der Waals surface area contributed by atoms with Crippen molar-refractivity contribution in [1.82, 2.24) is 0 Å². The molecule has 1 atom stereocenters. The lowest BCUT2D eigenvalue weighted by Crippen LogP contribution is -2.27. The third kappa shape index (κ3) is 4.09. The van der Waals surface area contributed by atoms with Gasteiger partial charge in [0.15, 0.2) is 12.7 Å². The summed E-state index contributed by atoms with van der Waals surface area (Å²) in [4.78, 5) is 34.1. The molecule has 0 radical (unpaired) electrons. The molecule has 0 aliphatic heterocycles. The van der Waals surface area contributed by atoms with Crippen molar-refractivity contribution in [1.29, 1.82) is 0 Å². The summed E-state index contributed by atoms with van der Waals surface area (Å²) in [5.74, 6) is -1.02. The molecule has 0 amide bonds. The molecule has 1 aromatic carbocycles. The highest BCUT2D eigenvalue weighted by atomic mass is 16.6. The third-order valence-electron chi connectivity index (χ3n) is 3.12. The molecule has 122 valence electrons. The van der Waals surface area contributed by atoms with Crippen molar-refractivity contribution in [2.75, 3.05) is 13.7 Å². The molecule has 1 aromatic heterocycles. The van der Waals surface area contributed by atoms with Gasteiger partial charge in [0.05, 0.1) is 7.11 Å². The van der Waals surface area contributed by atoms with Crippen LogP contribution in [0.3, 0.4) is 0 Å². The number of carbonyl (C=O) groups is 2. The minimum Gasteiger partial charge on any atom is -0.482 e. The molecule has 1 heterocycles. The number of hydrogen-bond acceptors (Lipinski definition) is 7. The van der Waals surface area contributed by atoms with Crippen LogP contribution in [0, 0.1) is 6.92 Å². The van der Waals surface area contributed by atoms with Gasteiger partial charge in [0, 0.05) is 17.5 Å². The maximum atomic E-state index is 11.6. The predicted octanol–water partition coefficient (Wildman–Crippen LogP) is 1.58. The number of esters is 2. The van der Waals surface area contributed by atoms with Crippen LogP contribution < -0.4 is 10.4 Å². The molecule has 23 heavy (non-hydrogen) atoms. The van der Waals surface area contributed by atoms with E-state index in [0.717, 1.165) is 10.9 Å². The first-order chi connectivity index (χ1) is 10.9. The summed E-state index contributed by atoms with van der Waals surface area (Å²) in [6.45, 7) is 2.81. The fraction of sp³-hybridized carbons (Fsp3) is 0.312. The maximum absolute atomic E-state index is 11.6. The van der Waals surface area contributed by atoms with Crippen molar-refractivity contribution in [3.05, 3.63) is 40.2 Å². The summed E-state index contributed by atoms with van der Waals surface area (Å²) >= 11 is 0. The van der Waals surface area contributed by atoms with Crippen molar-refractivity contribution in [2.45, 2.75) is 20.0 Å². The van der Waals surface area contributed by atoms with Crippen molar-refractivity contribution in [2.24, 2.45) is 0 Å². The van der Waals surface area contributed by atoms with Crippen molar-refractivity contribution < 1.29 is 28.2 Å². The van der Waals surface area contributed by atoms with Gasteiger partial charge in [-0.1, -0.05) is 0 Å². The second-order valence-corrected chi connectivity index (χ2v) is 4.85. The van der Waals surface area contributed by atoms with E-state index in [-0.39, 0.29) is 6.61 Å². The number of hydrogen-bond donors (Lipinski definition) is 0. The van der Waals surface area contributed by atoms with Gasteiger partial charge in [0.25, 0.3) is 0 Å². The number of ether oxygens (including phenoxy) is 3. The van der Waals surface area contributed by atoms with E-state index in [4.69, 9.17) is 13.9 Å². The number of fused-ring (bicyclic) bond motifs is 1. The lowest BCUT2D eigenvalue weighted by molar-refractivity contribution is -0.165. The largest absolute Gasteiger partial charge is 0.482 e. The van der Waals surface area contributed by atoms with Gasteiger partial charge in [0.2, 0.25) is 0 Å². The topological polar surface area (TPSA) is 92.0 Å². The highest BCUT2D eigenvalue weighted by molar-refractivity contribution is 5.82. The SMILES string of the molecule is COC(=O)C(C)OC(=O)COc1ccc2c(C)cc(=O)oc2c1. The van der Waals surface area contributed by atoms with Crippen LogP contribution in [-0.2, 0) is 19.1 Å². The van der Waals surface area contributed by atoms with E-state index in [1.165, 1.54) is 26.2 Å². The van der Waals surface area contributed by atoms with E-state index >= 15 is 0 Å². The van der Waals surface area contributed by atoms with Gasteiger partial charge in [-0.2, -0.15) is 0 Å². The Labute approximate surface area is 131 Å². The Morgan fingerprint density at radius 1 is 1.26 bits per heavy atom. The molecule has 7 heteroatoms. The van der Waals surface area contributed by atoms with Gasteiger partial charge in [-0.25, -0.2) is 14.4 Å². The zero-order valence-electron chi connectivity index (χ0n) is 13.0. The smallest absolute Gasteiger partial charge is 0.346 e. The van der Waals surface area contributed by atoms with E-state index in [2.05, 4.69) is 4.74 Å². The van der Waals surface area contributed by atoms with Crippen molar-refractivity contribution in [3.63, 3.8) is 0 Å². The Kier molecular flexibility index (Phi) is 5.00. The van der Waals surface area contributed by atoms with E-state index in [0.29, 0.717) is 11.3 Å². The van der Waals surface area contributed by atoms with Crippen LogP contribution in [0.2, 0.25) is 0 Å². The Bertz CT molecular complexity index is 791. The molecule has 0 bridgehead atoms. The lowest BCUT2D eigenvalue weighted by atomic mass is 10.1. The first kappa shape index (κ1) is 16.5. The first-order valence-electron chi connectivity index (χ1n) is 6.85. The highest BCUT2D eigenvalue weighted by Gasteiger charge is 2.18. The molecule has 7 nitrogen and oxygen atoms in total. The zero-order chi connectivity index (χ0) is 17.0. The van der Waals surface area contributed by atoms with Gasteiger partial charge in [-0.05, 0) is 31.5 Å². The molecule has 0 saturated carbocycles. The van der Waals surface area contributed by atoms with E-state index in [1.54, 1.807) is 19.1 Å². The number of rotatable bonds is 5. The van der Waals surface area contributed by atoms with Crippen LogP contribution in [0.15, 0.2) is 33.5 Å². The summed E-state index contributed by atoms with van der Waals surface area (Å²) in [5, 5.41) is 0.777. The van der Waals surface area contributed by atoms with Gasteiger partial charge in [-0.3, -0.25) is 0 Å². The fourth-order valence-electron chi connectivity index (χ4n) is 1.98. The highest BCUT2D eigenvalue weighted by Crippen LogP contribution is 2.22. The van der Waals surface area contributed by atoms with Crippen LogP contribution in [0.5, 0.6) is 5.75 Å². The maximum Gasteiger partial charge on any atom is 0.346 e. The molecular formula is C16H16O7. The normalized spacial score (nSPS) is 11.8. The predicted molar refractivity (Wildman–Crippen MR) is 80.3 cm³/mol. The Morgan fingerprint density at radius 2 is 2.00 bits per heavy atom. The fourth-order valence-corrected chi connectivity index (χ4v) is 1.98. The molecule has 0 fully saturated rings. The van der Waals surface area contributed by atoms with Gasteiger partial charge < -0.3 is 18.6 Å². The van der Waals surface area contributed by atoms with E-state index in [9.17, 15) is 14.4 Å². The summed E-state index contributed by atoms with van der Waals surface area (Å²) in [6, 6.07) is 6.28. The molecule has 0 spiro atoms. The average Bonchev–Trinajstić information content (AvgIpc) is 2.51. The monoisotopic (exact) mass is 320 g/mol. The second-order valence-electron chi connectivity index (χ2n) is 4.85. The molecule has 1 unspecified atom stereocenters. The minimum atomic E-state index is -1.01. The molecule has 0 saturated heterocycles. The first-order valence-corrected chi connectivity index (χ1v) is 6.85. The van der Waals surface area contributed by atoms with Crippen LogP contribution in [-0.4, -0.2) is 31.8 Å². The molecule has 2 aromatic rings. The molecule has 0 aliphatic rings. The minimum absolute atomic E-state index is 0.342. The Balaban J connectivity index is 2.03. The van der Waals surface area contributed by atoms with Crippen LogP contribution in [0.25, 0.3) is 11.0 Å². The Morgan fingerprint density at radius 3 is 2.70 bits per heavy atom. The van der Waals surface area contributed by atoms with Crippen LogP contribution in [0.4, 0.5) is 0 Å². The van der Waals surface area contributed by atoms with Crippen molar-refractivity contribution in [3.8, 4) is 5.75 Å². The zero-order valence-corrected chi connectivity index (χ0v) is 13.0. The summed E-state index contributed by atoms with van der Waals surface area (Å²) in [7, 11) is 1.20. The molecule has 0 N–H and O–H groups in total. The summed E-state index contributed by atoms with van der Waals surface area (Å²) in [6.07, 6.45) is -1.01. The Hall–Kier alpha value is -2.83. The van der Waals surface area contributed by atoms with Crippen LogP contribution >= 0.6 is 0 Å². The number of methoxy groups -OCH3 is 1. The average molecular weight is 320 g/mol. The van der Waals surface area contributed by atoms with E-state index in [1.807, 2.05) is 0 Å². The second kappa shape index (κ2) is 6.95. The van der Waals surface area contributed by atoms with Gasteiger partial charge in [-0.15, -0.1) is 0 Å². The van der Waals surface area contributed by atoms with Crippen molar-refractivity contribution >= 4 is 22.9 Å².